The fraction of sp³-hybridized carbons (Fsp3) is 0.786. The summed E-state index contributed by atoms with van der Waals surface area (Å²) in [6.07, 6.45) is 6.08. The highest BCUT2D eigenvalue weighted by molar-refractivity contribution is 6.61. The minimum Gasteiger partial charge on any atom is -0.662 e. The van der Waals surface area contributed by atoms with Crippen LogP contribution in [0.15, 0.2) is 12.4 Å². The Hall–Kier alpha value is -0.845. The minimum absolute atomic E-state index is 0.302. The molecule has 0 atom stereocenters. The van der Waals surface area contributed by atoms with Crippen LogP contribution in [-0.2, 0) is 9.31 Å². The summed E-state index contributed by atoms with van der Waals surface area (Å²) in [6, 6.07) is 0.462. The molecule has 2 aliphatic heterocycles. The minimum atomic E-state index is -0.318. The third kappa shape index (κ3) is 2.40. The number of rotatable bonds is 2. The summed E-state index contributed by atoms with van der Waals surface area (Å²) in [4.78, 5) is 0. The van der Waals surface area contributed by atoms with Crippen molar-refractivity contribution in [3.8, 4) is 0 Å². The van der Waals surface area contributed by atoms with Gasteiger partial charge in [-0.05, 0) is 40.5 Å². The molecule has 2 aliphatic rings. The second kappa shape index (κ2) is 4.86. The highest BCUT2D eigenvalue weighted by atomic mass is 16.7. The van der Waals surface area contributed by atoms with Crippen molar-refractivity contribution in [2.45, 2.75) is 57.8 Å². The molecule has 2 saturated heterocycles. The van der Waals surface area contributed by atoms with E-state index in [1.165, 1.54) is 0 Å². The van der Waals surface area contributed by atoms with Crippen molar-refractivity contribution in [2.24, 2.45) is 0 Å². The van der Waals surface area contributed by atoms with Gasteiger partial charge in [-0.25, -0.2) is 0 Å². The van der Waals surface area contributed by atoms with Crippen molar-refractivity contribution in [1.82, 2.24) is 9.78 Å². The smallest absolute Gasteiger partial charge is 0.498 e. The Morgan fingerprint density at radius 2 is 1.80 bits per heavy atom. The molecule has 20 heavy (non-hydrogen) atoms. The molecule has 0 bridgehead atoms. The summed E-state index contributed by atoms with van der Waals surface area (Å²) in [5.74, 6) is 0. The van der Waals surface area contributed by atoms with Crippen molar-refractivity contribution in [1.29, 1.82) is 0 Å². The van der Waals surface area contributed by atoms with Crippen LogP contribution >= 0.6 is 0 Å². The van der Waals surface area contributed by atoms with Gasteiger partial charge in [0, 0.05) is 23.9 Å². The first kappa shape index (κ1) is 14.1. The Kier molecular flexibility index (Phi) is 3.43. The molecule has 5 nitrogen and oxygen atoms in total. The number of aromatic nitrogens is 2. The van der Waals surface area contributed by atoms with Crippen LogP contribution in [0.4, 0.5) is 0 Å². The summed E-state index contributed by atoms with van der Waals surface area (Å²) in [5, 5.41) is 8.88. The number of hydrogen-bond donors (Lipinski definition) is 0. The second-order valence-corrected chi connectivity index (χ2v) is 6.74. The molecule has 0 saturated carbocycles. The van der Waals surface area contributed by atoms with Crippen LogP contribution < -0.4 is 5.46 Å². The maximum Gasteiger partial charge on any atom is 0.498 e. The molecule has 0 N–H and O–H groups in total. The zero-order chi connectivity index (χ0) is 14.4. The maximum absolute atomic E-state index is 6.06. The topological polar surface area (TPSA) is 50.4 Å². The largest absolute Gasteiger partial charge is 0.662 e. The average Bonchev–Trinajstić information content (AvgIpc) is 2.94. The molecule has 1 aromatic heterocycles. The van der Waals surface area contributed by atoms with E-state index in [4.69, 9.17) is 9.31 Å². The molecule has 3 heterocycles. The second-order valence-electron chi connectivity index (χ2n) is 6.74. The average molecular weight is 276 g/mol. The third-order valence-electron chi connectivity index (χ3n) is 4.76. The van der Waals surface area contributed by atoms with E-state index in [0.29, 0.717) is 6.04 Å². The van der Waals surface area contributed by atoms with Gasteiger partial charge in [-0.3, -0.25) is 4.68 Å². The molecule has 6 heteroatoms. The van der Waals surface area contributed by atoms with E-state index in [0.717, 1.165) is 31.4 Å². The van der Waals surface area contributed by atoms with Crippen LogP contribution in [0.3, 0.4) is 0 Å². The fourth-order valence-corrected chi connectivity index (χ4v) is 2.65. The molecule has 110 valence electrons. The highest BCUT2D eigenvalue weighted by Gasteiger charge is 2.52. The molecule has 0 spiro atoms. The molecule has 0 aliphatic carbocycles. The van der Waals surface area contributed by atoms with Crippen molar-refractivity contribution >= 4 is 12.6 Å². The van der Waals surface area contributed by atoms with E-state index < -0.39 is 0 Å². The zero-order valence-electron chi connectivity index (χ0n) is 12.8. The lowest BCUT2D eigenvalue weighted by atomic mass is 9.82. The molecular weight excluding hydrogens is 253 g/mol. The summed E-state index contributed by atoms with van der Waals surface area (Å²) in [5.41, 5.74) is 0.402. The number of piperidine rings is 1. The molecule has 1 aromatic rings. The number of nitrogens with zero attached hydrogens (tertiary/aromatic N) is 3. The van der Waals surface area contributed by atoms with Gasteiger partial charge in [0.1, 0.15) is 0 Å². The standard InChI is InChI=1S/C14H23BN3O2/c1-13(2)14(3,4)20-15(19-13)11-9-17-18(10-11)12-5-7-16-8-6-12/h9-10,12H,5-8H2,1-4H3/q-1. The van der Waals surface area contributed by atoms with Gasteiger partial charge < -0.3 is 14.6 Å². The predicted octanol–water partition coefficient (Wildman–Crippen LogP) is 1.89. The summed E-state index contributed by atoms with van der Waals surface area (Å²) in [7, 11) is -0.318. The van der Waals surface area contributed by atoms with Crippen molar-refractivity contribution < 1.29 is 9.31 Å². The van der Waals surface area contributed by atoms with Gasteiger partial charge in [-0.15, -0.1) is 13.1 Å². The van der Waals surface area contributed by atoms with E-state index in [-0.39, 0.29) is 18.3 Å². The van der Waals surface area contributed by atoms with Gasteiger partial charge in [0.2, 0.25) is 0 Å². The fourth-order valence-electron chi connectivity index (χ4n) is 2.65. The summed E-state index contributed by atoms with van der Waals surface area (Å²) in [6.45, 7) is 10.2. The quantitative estimate of drug-likeness (QED) is 0.775. The van der Waals surface area contributed by atoms with Crippen molar-refractivity contribution in [3.05, 3.63) is 17.7 Å². The van der Waals surface area contributed by atoms with Gasteiger partial charge >= 0.3 is 7.12 Å². The Balaban J connectivity index is 1.74. The van der Waals surface area contributed by atoms with E-state index in [1.807, 2.05) is 6.20 Å². The molecule has 3 rings (SSSR count). The molecule has 0 radical (unpaired) electrons. The predicted molar refractivity (Wildman–Crippen MR) is 79.3 cm³/mol. The Morgan fingerprint density at radius 3 is 2.40 bits per heavy atom. The first-order valence-corrected chi connectivity index (χ1v) is 7.42. The Labute approximate surface area is 121 Å². The Bertz CT molecular complexity index is 465. The summed E-state index contributed by atoms with van der Waals surface area (Å²) < 4.78 is 14.2. The maximum atomic E-state index is 6.06. The van der Waals surface area contributed by atoms with Gasteiger partial charge in [-0.2, -0.15) is 5.10 Å². The van der Waals surface area contributed by atoms with Gasteiger partial charge in [0.15, 0.2) is 0 Å². The van der Waals surface area contributed by atoms with Gasteiger partial charge in [-0.1, -0.05) is 0 Å². The van der Waals surface area contributed by atoms with Crippen molar-refractivity contribution in [2.75, 3.05) is 13.1 Å². The highest BCUT2D eigenvalue weighted by Crippen LogP contribution is 2.36. The molecule has 2 fully saturated rings. The van der Waals surface area contributed by atoms with Crippen LogP contribution in [0.25, 0.3) is 5.32 Å². The molecule has 0 amide bonds. The van der Waals surface area contributed by atoms with Crippen LogP contribution in [-0.4, -0.2) is 41.2 Å². The van der Waals surface area contributed by atoms with E-state index in [1.54, 1.807) is 0 Å². The van der Waals surface area contributed by atoms with E-state index in [9.17, 15) is 0 Å². The first-order chi connectivity index (χ1) is 9.39. The lowest BCUT2D eigenvalue weighted by Crippen LogP contribution is -2.41. The third-order valence-corrected chi connectivity index (χ3v) is 4.76. The van der Waals surface area contributed by atoms with Crippen LogP contribution in [0.1, 0.15) is 46.6 Å². The van der Waals surface area contributed by atoms with Crippen LogP contribution in [0, 0.1) is 0 Å². The molecule has 0 aromatic carbocycles. The van der Waals surface area contributed by atoms with Crippen LogP contribution in [0.5, 0.6) is 0 Å². The van der Waals surface area contributed by atoms with E-state index >= 15 is 0 Å². The SMILES string of the molecule is CC1(C)OB(c2cnn(C3CC[N-]CC3)c2)OC1(C)C. The van der Waals surface area contributed by atoms with Gasteiger partial charge in [0.25, 0.3) is 0 Å². The summed E-state index contributed by atoms with van der Waals surface area (Å²) >= 11 is 0. The monoisotopic (exact) mass is 276 g/mol. The molecule has 0 unspecified atom stereocenters. The lowest BCUT2D eigenvalue weighted by Gasteiger charge is -2.32. The van der Waals surface area contributed by atoms with Crippen molar-refractivity contribution in [3.63, 3.8) is 0 Å². The van der Waals surface area contributed by atoms with E-state index in [2.05, 4.69) is 49.0 Å². The molecular formula is C14H23BN3O2-. The normalized spacial score (nSPS) is 26.1. The zero-order valence-corrected chi connectivity index (χ0v) is 12.8. The number of hydrogen-bond acceptors (Lipinski definition) is 3. The lowest BCUT2D eigenvalue weighted by molar-refractivity contribution is 0.00578. The van der Waals surface area contributed by atoms with Gasteiger partial charge in [0.05, 0.1) is 11.2 Å². The first-order valence-electron chi connectivity index (χ1n) is 7.42. The Morgan fingerprint density at radius 1 is 1.20 bits per heavy atom. The van der Waals surface area contributed by atoms with Crippen LogP contribution in [0.2, 0.25) is 0 Å².